The molecular formula is C23H30N2O4. The highest BCUT2D eigenvalue weighted by molar-refractivity contribution is 5.95. The molecule has 0 aromatic heterocycles. The van der Waals surface area contributed by atoms with E-state index in [0.29, 0.717) is 23.1 Å². The zero-order chi connectivity index (χ0) is 21.6. The molecule has 2 aromatic carbocycles. The molecule has 29 heavy (non-hydrogen) atoms. The molecule has 0 fully saturated rings. The molecule has 6 nitrogen and oxygen atoms in total. The average Bonchev–Trinajstić information content (AvgIpc) is 2.68. The number of rotatable bonds is 8. The second kappa shape index (κ2) is 9.96. The molecule has 0 unspecified atom stereocenters. The maximum atomic E-state index is 12.6. The van der Waals surface area contributed by atoms with E-state index in [0.717, 1.165) is 16.8 Å². The van der Waals surface area contributed by atoms with E-state index in [9.17, 15) is 9.59 Å². The van der Waals surface area contributed by atoms with Crippen molar-refractivity contribution in [1.82, 2.24) is 0 Å². The Morgan fingerprint density at radius 3 is 2.34 bits per heavy atom. The van der Waals surface area contributed by atoms with Gasteiger partial charge in [-0.2, -0.15) is 0 Å². The van der Waals surface area contributed by atoms with E-state index in [4.69, 9.17) is 9.47 Å². The molecule has 2 aromatic rings. The molecule has 0 spiro atoms. The lowest BCUT2D eigenvalue weighted by Gasteiger charge is -2.22. The summed E-state index contributed by atoms with van der Waals surface area (Å²) in [7, 11) is 3.10. The number of carbonyl (C=O) groups excluding carboxylic acids is 2. The average molecular weight is 399 g/mol. The van der Waals surface area contributed by atoms with E-state index >= 15 is 0 Å². The van der Waals surface area contributed by atoms with E-state index in [2.05, 4.69) is 19.2 Å². The molecule has 0 atom stereocenters. The van der Waals surface area contributed by atoms with Gasteiger partial charge in [0.2, 0.25) is 11.8 Å². The summed E-state index contributed by atoms with van der Waals surface area (Å²) in [5.41, 5.74) is 3.63. The maximum Gasteiger partial charge on any atom is 0.226 e. The first-order valence-electron chi connectivity index (χ1n) is 9.68. The van der Waals surface area contributed by atoms with Gasteiger partial charge in [0, 0.05) is 37.3 Å². The first-order chi connectivity index (χ1) is 13.8. The molecule has 1 N–H and O–H groups in total. The lowest BCUT2D eigenvalue weighted by molar-refractivity contribution is -0.117. The van der Waals surface area contributed by atoms with Crippen LogP contribution < -0.4 is 19.7 Å². The molecule has 6 heteroatoms. The summed E-state index contributed by atoms with van der Waals surface area (Å²) in [6.07, 6.45) is 0.180. The number of carbonyl (C=O) groups is 2. The minimum absolute atomic E-state index is 0.132. The first kappa shape index (κ1) is 22.3. The van der Waals surface area contributed by atoms with Crippen LogP contribution in [0.2, 0.25) is 0 Å². The molecule has 2 amide bonds. The number of hydrogen-bond acceptors (Lipinski definition) is 4. The third kappa shape index (κ3) is 5.50. The molecule has 0 saturated carbocycles. The number of nitrogens with one attached hydrogen (secondary N) is 1. The number of amides is 2. The minimum Gasteiger partial charge on any atom is -0.493 e. The van der Waals surface area contributed by atoms with Crippen LogP contribution in [0.5, 0.6) is 11.5 Å². The van der Waals surface area contributed by atoms with Crippen LogP contribution in [-0.2, 0) is 9.59 Å². The van der Waals surface area contributed by atoms with Crippen molar-refractivity contribution >= 4 is 23.2 Å². The van der Waals surface area contributed by atoms with Gasteiger partial charge in [0.15, 0.2) is 11.5 Å². The van der Waals surface area contributed by atoms with Crippen LogP contribution >= 0.6 is 0 Å². The molecule has 0 bridgehead atoms. The quantitative estimate of drug-likeness (QED) is 0.710. The molecule has 0 aliphatic heterocycles. The van der Waals surface area contributed by atoms with Crippen molar-refractivity contribution in [2.45, 2.75) is 40.0 Å². The Hall–Kier alpha value is -3.02. The first-order valence-corrected chi connectivity index (χ1v) is 9.68. The number of aryl methyl sites for hydroxylation is 1. The van der Waals surface area contributed by atoms with Crippen molar-refractivity contribution in [3.63, 3.8) is 0 Å². The number of para-hydroxylation sites is 1. The second-order valence-corrected chi connectivity index (χ2v) is 7.20. The van der Waals surface area contributed by atoms with Crippen molar-refractivity contribution in [1.29, 1.82) is 0 Å². The standard InChI is InChI=1S/C23H30N2O4/c1-15(2)19-9-7-8-16(3)23(19)24-22(27)12-13-25(17(4)26)18-10-11-20(28-5)21(14-18)29-6/h7-11,14-15H,12-13H2,1-6H3,(H,24,27). The zero-order valence-electron chi connectivity index (χ0n) is 18.0. The Morgan fingerprint density at radius 2 is 1.76 bits per heavy atom. The summed E-state index contributed by atoms with van der Waals surface area (Å²) in [5, 5.41) is 3.03. The largest absolute Gasteiger partial charge is 0.493 e. The number of ether oxygens (including phenoxy) is 2. The number of anilines is 2. The number of nitrogens with zero attached hydrogens (tertiary/aromatic N) is 1. The highest BCUT2D eigenvalue weighted by Crippen LogP contribution is 2.32. The monoisotopic (exact) mass is 398 g/mol. The lowest BCUT2D eigenvalue weighted by Crippen LogP contribution is -2.32. The van der Waals surface area contributed by atoms with Crippen molar-refractivity contribution in [3.8, 4) is 11.5 Å². The van der Waals surface area contributed by atoms with Crippen molar-refractivity contribution < 1.29 is 19.1 Å². The smallest absolute Gasteiger partial charge is 0.226 e. The summed E-state index contributed by atoms with van der Waals surface area (Å²) < 4.78 is 10.6. The van der Waals surface area contributed by atoms with Crippen molar-refractivity contribution in [3.05, 3.63) is 47.5 Å². The molecule has 0 saturated heterocycles. The summed E-state index contributed by atoms with van der Waals surface area (Å²) in [6.45, 7) is 7.91. The Morgan fingerprint density at radius 1 is 1.07 bits per heavy atom. The maximum absolute atomic E-state index is 12.6. The van der Waals surface area contributed by atoms with Crippen LogP contribution in [0.15, 0.2) is 36.4 Å². The zero-order valence-corrected chi connectivity index (χ0v) is 18.0. The molecule has 2 rings (SSSR count). The van der Waals surface area contributed by atoms with E-state index in [1.807, 2.05) is 25.1 Å². The van der Waals surface area contributed by atoms with Gasteiger partial charge in [0.1, 0.15) is 0 Å². The third-order valence-electron chi connectivity index (χ3n) is 4.81. The summed E-state index contributed by atoms with van der Waals surface area (Å²) in [4.78, 5) is 26.4. The topological polar surface area (TPSA) is 67.9 Å². The molecule has 0 aliphatic carbocycles. The third-order valence-corrected chi connectivity index (χ3v) is 4.81. The molecule has 0 radical (unpaired) electrons. The van der Waals surface area contributed by atoms with Crippen molar-refractivity contribution in [2.75, 3.05) is 31.0 Å². The van der Waals surface area contributed by atoms with E-state index in [1.165, 1.54) is 6.92 Å². The molecule has 0 heterocycles. The van der Waals surface area contributed by atoms with Crippen LogP contribution in [0.1, 0.15) is 44.2 Å². The van der Waals surface area contributed by atoms with Gasteiger partial charge in [0.05, 0.1) is 14.2 Å². The van der Waals surface area contributed by atoms with Gasteiger partial charge < -0.3 is 19.7 Å². The van der Waals surface area contributed by atoms with Gasteiger partial charge in [-0.15, -0.1) is 0 Å². The lowest BCUT2D eigenvalue weighted by atomic mass is 9.98. The van der Waals surface area contributed by atoms with Gasteiger partial charge in [-0.3, -0.25) is 9.59 Å². The van der Waals surface area contributed by atoms with E-state index in [1.54, 1.807) is 37.3 Å². The molecule has 0 aliphatic rings. The van der Waals surface area contributed by atoms with Crippen molar-refractivity contribution in [2.24, 2.45) is 0 Å². The van der Waals surface area contributed by atoms with Crippen LogP contribution in [0.3, 0.4) is 0 Å². The van der Waals surface area contributed by atoms with Crippen LogP contribution in [0.25, 0.3) is 0 Å². The number of methoxy groups -OCH3 is 2. The fraction of sp³-hybridized carbons (Fsp3) is 0.391. The van der Waals surface area contributed by atoms with Gasteiger partial charge in [-0.1, -0.05) is 32.0 Å². The van der Waals surface area contributed by atoms with E-state index < -0.39 is 0 Å². The normalized spacial score (nSPS) is 10.6. The van der Waals surface area contributed by atoms with Gasteiger partial charge >= 0.3 is 0 Å². The highest BCUT2D eigenvalue weighted by atomic mass is 16.5. The Bertz CT molecular complexity index is 877. The van der Waals surface area contributed by atoms with Gasteiger partial charge in [-0.05, 0) is 36.1 Å². The fourth-order valence-electron chi connectivity index (χ4n) is 3.22. The second-order valence-electron chi connectivity index (χ2n) is 7.20. The van der Waals surface area contributed by atoms with Crippen LogP contribution in [0, 0.1) is 6.92 Å². The molecule has 156 valence electrons. The van der Waals surface area contributed by atoms with Gasteiger partial charge in [0.25, 0.3) is 0 Å². The summed E-state index contributed by atoms with van der Waals surface area (Å²) in [5.74, 6) is 1.13. The predicted octanol–water partition coefficient (Wildman–Crippen LogP) is 4.52. The Balaban J connectivity index is 2.14. The minimum atomic E-state index is -0.149. The molecular weight excluding hydrogens is 368 g/mol. The SMILES string of the molecule is COc1ccc(N(CCC(=O)Nc2c(C)cccc2C(C)C)C(C)=O)cc1OC. The van der Waals surface area contributed by atoms with Crippen LogP contribution in [0.4, 0.5) is 11.4 Å². The Kier molecular flexibility index (Phi) is 7.65. The van der Waals surface area contributed by atoms with Gasteiger partial charge in [-0.25, -0.2) is 0 Å². The number of hydrogen-bond donors (Lipinski definition) is 1. The summed E-state index contributed by atoms with van der Waals surface area (Å²) >= 11 is 0. The highest BCUT2D eigenvalue weighted by Gasteiger charge is 2.17. The fourth-order valence-corrected chi connectivity index (χ4v) is 3.22. The predicted molar refractivity (Wildman–Crippen MR) is 116 cm³/mol. The van der Waals surface area contributed by atoms with Crippen LogP contribution in [-0.4, -0.2) is 32.6 Å². The Labute approximate surface area is 172 Å². The van der Waals surface area contributed by atoms with E-state index in [-0.39, 0.29) is 24.8 Å². The number of benzene rings is 2. The summed E-state index contributed by atoms with van der Waals surface area (Å²) in [6, 6.07) is 11.3.